The Balaban J connectivity index is 1.85. The molecule has 2 aliphatic rings. The molecule has 0 spiro atoms. The number of aryl methyl sites for hydroxylation is 2. The summed E-state index contributed by atoms with van der Waals surface area (Å²) in [5.41, 5.74) is 10.3. The van der Waals surface area contributed by atoms with Crippen LogP contribution >= 0.6 is 0 Å². The first kappa shape index (κ1) is 14.1. The lowest BCUT2D eigenvalue weighted by molar-refractivity contribution is -0.00464. The Kier molecular flexibility index (Phi) is 3.42. The van der Waals surface area contributed by atoms with Crippen molar-refractivity contribution in [1.82, 2.24) is 0 Å². The van der Waals surface area contributed by atoms with Crippen LogP contribution < -0.4 is 5.73 Å². The molecular weight excluding hydrogens is 246 g/mol. The van der Waals surface area contributed by atoms with Gasteiger partial charge >= 0.3 is 0 Å². The maximum Gasteiger partial charge on any atom is 0.0662 e. The highest BCUT2D eigenvalue weighted by Crippen LogP contribution is 2.50. The number of fused-ring (bicyclic) bond motifs is 1. The first-order valence-corrected chi connectivity index (χ1v) is 7.96. The Bertz CT molecular complexity index is 508. The first-order chi connectivity index (χ1) is 9.47. The molecule has 3 N–H and O–H groups in total. The second kappa shape index (κ2) is 4.85. The fourth-order valence-corrected chi connectivity index (χ4v) is 4.29. The van der Waals surface area contributed by atoms with Crippen molar-refractivity contribution in [3.8, 4) is 0 Å². The predicted molar refractivity (Wildman–Crippen MR) is 82.7 cm³/mol. The van der Waals surface area contributed by atoms with Gasteiger partial charge < -0.3 is 10.8 Å². The molecule has 20 heavy (non-hydrogen) atoms. The molecule has 0 heterocycles. The molecule has 1 saturated carbocycles. The minimum atomic E-state index is -0.298. The van der Waals surface area contributed by atoms with E-state index < -0.39 is 0 Å². The van der Waals surface area contributed by atoms with Crippen molar-refractivity contribution < 1.29 is 5.11 Å². The number of aliphatic hydroxyl groups is 1. The van der Waals surface area contributed by atoms with Crippen molar-refractivity contribution in [2.75, 3.05) is 6.54 Å². The van der Waals surface area contributed by atoms with Crippen LogP contribution in [-0.4, -0.2) is 17.8 Å². The molecule has 110 valence electrons. The summed E-state index contributed by atoms with van der Waals surface area (Å²) in [6.45, 7) is 4.91. The molecular formula is C18H27NO. The fourth-order valence-electron chi connectivity index (χ4n) is 4.29. The first-order valence-electron chi connectivity index (χ1n) is 7.96. The molecule has 0 radical (unpaired) electrons. The van der Waals surface area contributed by atoms with Crippen LogP contribution in [0.15, 0.2) is 18.2 Å². The number of aliphatic hydroxyl groups excluding tert-OH is 1. The van der Waals surface area contributed by atoms with E-state index in [1.165, 1.54) is 36.0 Å². The predicted octanol–water partition coefficient (Wildman–Crippen LogP) is 2.84. The minimum absolute atomic E-state index is 0.00387. The average Bonchev–Trinajstić information content (AvgIpc) is 2.97. The Morgan fingerprint density at radius 1 is 1.20 bits per heavy atom. The molecule has 3 rings (SSSR count). The smallest absolute Gasteiger partial charge is 0.0662 e. The minimum Gasteiger partial charge on any atom is -0.392 e. The second-order valence-corrected chi connectivity index (χ2v) is 7.59. The Labute approximate surface area is 122 Å². The van der Waals surface area contributed by atoms with E-state index >= 15 is 0 Å². The summed E-state index contributed by atoms with van der Waals surface area (Å²) in [6, 6.07) is 6.89. The summed E-state index contributed by atoms with van der Waals surface area (Å²) in [7, 11) is 0. The zero-order chi connectivity index (χ0) is 14.4. The quantitative estimate of drug-likeness (QED) is 0.889. The third-order valence-corrected chi connectivity index (χ3v) is 5.71. The van der Waals surface area contributed by atoms with Gasteiger partial charge in [-0.25, -0.2) is 0 Å². The van der Waals surface area contributed by atoms with Gasteiger partial charge in [-0.2, -0.15) is 0 Å². The lowest BCUT2D eigenvalue weighted by Crippen LogP contribution is -2.44. The largest absolute Gasteiger partial charge is 0.392 e. The van der Waals surface area contributed by atoms with Crippen LogP contribution in [0.5, 0.6) is 0 Å². The van der Waals surface area contributed by atoms with Crippen LogP contribution in [-0.2, 0) is 19.3 Å². The van der Waals surface area contributed by atoms with E-state index in [0.717, 1.165) is 19.3 Å². The summed E-state index contributed by atoms with van der Waals surface area (Å²) < 4.78 is 0. The fraction of sp³-hybridized carbons (Fsp3) is 0.667. The molecule has 2 aliphatic carbocycles. The Morgan fingerprint density at radius 2 is 1.95 bits per heavy atom. The third-order valence-electron chi connectivity index (χ3n) is 5.71. The van der Waals surface area contributed by atoms with Gasteiger partial charge in [0.1, 0.15) is 0 Å². The zero-order valence-electron chi connectivity index (χ0n) is 12.8. The standard InChI is InChI=1S/C18H27NO/c1-17(2)8-9-18(12-19,16(17)20)11-13-6-7-14-4-3-5-15(14)10-13/h6-7,10,16,20H,3-5,8-9,11-12,19H2,1-2H3. The molecule has 0 amide bonds. The Hall–Kier alpha value is -0.860. The van der Waals surface area contributed by atoms with Gasteiger partial charge in [0.05, 0.1) is 6.10 Å². The second-order valence-electron chi connectivity index (χ2n) is 7.59. The summed E-state index contributed by atoms with van der Waals surface area (Å²) in [4.78, 5) is 0. The van der Waals surface area contributed by atoms with E-state index in [0.29, 0.717) is 6.54 Å². The normalized spacial score (nSPS) is 31.5. The molecule has 2 heteroatoms. The highest BCUT2D eigenvalue weighted by Gasteiger charge is 2.50. The van der Waals surface area contributed by atoms with E-state index in [2.05, 4.69) is 32.0 Å². The van der Waals surface area contributed by atoms with Gasteiger partial charge in [-0.1, -0.05) is 32.0 Å². The van der Waals surface area contributed by atoms with Gasteiger partial charge in [0, 0.05) is 12.0 Å². The monoisotopic (exact) mass is 273 g/mol. The van der Waals surface area contributed by atoms with Crippen molar-refractivity contribution in [3.05, 3.63) is 34.9 Å². The number of hydrogen-bond donors (Lipinski definition) is 2. The van der Waals surface area contributed by atoms with Gasteiger partial charge in [0.15, 0.2) is 0 Å². The van der Waals surface area contributed by atoms with Crippen LogP contribution in [0.4, 0.5) is 0 Å². The van der Waals surface area contributed by atoms with Crippen LogP contribution in [0.3, 0.4) is 0 Å². The van der Waals surface area contributed by atoms with Gasteiger partial charge in [0.25, 0.3) is 0 Å². The molecule has 1 aromatic rings. The molecule has 0 aliphatic heterocycles. The third kappa shape index (κ3) is 2.19. The molecule has 0 bridgehead atoms. The van der Waals surface area contributed by atoms with Crippen molar-refractivity contribution in [2.45, 2.75) is 58.5 Å². The van der Waals surface area contributed by atoms with Crippen LogP contribution in [0.25, 0.3) is 0 Å². The van der Waals surface area contributed by atoms with Gasteiger partial charge in [-0.15, -0.1) is 0 Å². The molecule has 0 aromatic heterocycles. The van der Waals surface area contributed by atoms with E-state index in [1.807, 2.05) is 0 Å². The SMILES string of the molecule is CC1(C)CCC(CN)(Cc2ccc3c(c2)CCC3)C1O. The van der Waals surface area contributed by atoms with Crippen LogP contribution in [0.2, 0.25) is 0 Å². The highest BCUT2D eigenvalue weighted by atomic mass is 16.3. The maximum atomic E-state index is 10.7. The zero-order valence-corrected chi connectivity index (χ0v) is 12.8. The molecule has 2 unspecified atom stereocenters. The summed E-state index contributed by atoms with van der Waals surface area (Å²) in [5, 5.41) is 10.7. The average molecular weight is 273 g/mol. The van der Waals surface area contributed by atoms with Crippen molar-refractivity contribution in [2.24, 2.45) is 16.6 Å². The maximum absolute atomic E-state index is 10.7. The van der Waals surface area contributed by atoms with E-state index in [4.69, 9.17) is 5.73 Å². The van der Waals surface area contributed by atoms with Crippen LogP contribution in [0, 0.1) is 10.8 Å². The number of rotatable bonds is 3. The topological polar surface area (TPSA) is 46.2 Å². The Morgan fingerprint density at radius 3 is 2.60 bits per heavy atom. The molecule has 2 atom stereocenters. The van der Waals surface area contributed by atoms with E-state index in [-0.39, 0.29) is 16.9 Å². The molecule has 1 aromatic carbocycles. The number of benzene rings is 1. The van der Waals surface area contributed by atoms with Crippen molar-refractivity contribution in [3.63, 3.8) is 0 Å². The van der Waals surface area contributed by atoms with E-state index in [1.54, 1.807) is 0 Å². The van der Waals surface area contributed by atoms with Crippen LogP contribution in [0.1, 0.15) is 49.8 Å². The summed E-state index contributed by atoms with van der Waals surface area (Å²) in [6.07, 6.45) is 6.46. The highest BCUT2D eigenvalue weighted by molar-refractivity contribution is 5.36. The summed E-state index contributed by atoms with van der Waals surface area (Å²) >= 11 is 0. The van der Waals surface area contributed by atoms with Gasteiger partial charge in [0.2, 0.25) is 0 Å². The number of nitrogens with two attached hydrogens (primary N) is 1. The lowest BCUT2D eigenvalue weighted by Gasteiger charge is -2.36. The molecule has 0 saturated heterocycles. The molecule has 2 nitrogen and oxygen atoms in total. The molecule has 1 fully saturated rings. The van der Waals surface area contributed by atoms with Gasteiger partial charge in [-0.05, 0) is 60.6 Å². The van der Waals surface area contributed by atoms with Crippen molar-refractivity contribution >= 4 is 0 Å². The summed E-state index contributed by atoms with van der Waals surface area (Å²) in [5.74, 6) is 0. The van der Waals surface area contributed by atoms with E-state index in [9.17, 15) is 5.11 Å². The lowest BCUT2D eigenvalue weighted by atomic mass is 9.74. The number of hydrogen-bond acceptors (Lipinski definition) is 2. The van der Waals surface area contributed by atoms with Crippen molar-refractivity contribution in [1.29, 1.82) is 0 Å². The van der Waals surface area contributed by atoms with Gasteiger partial charge in [-0.3, -0.25) is 0 Å².